The van der Waals surface area contributed by atoms with Crippen LogP contribution in [0.4, 0.5) is 14.5 Å². The van der Waals surface area contributed by atoms with Crippen LogP contribution in [0.25, 0.3) is 55.8 Å². The molecule has 4 aromatic heterocycles. The lowest BCUT2D eigenvalue weighted by Crippen LogP contribution is -2.20. The maximum absolute atomic E-state index is 16.1. The number of nitrogens with one attached hydrogen (secondary N) is 4. The third-order valence-electron chi connectivity index (χ3n) is 7.04. The maximum Gasteiger partial charge on any atom is 0.159 e. The van der Waals surface area contributed by atoms with Crippen molar-refractivity contribution >= 4 is 27.6 Å². The lowest BCUT2D eigenvalue weighted by atomic mass is 10.0. The van der Waals surface area contributed by atoms with Crippen molar-refractivity contribution in [2.24, 2.45) is 0 Å². The summed E-state index contributed by atoms with van der Waals surface area (Å²) in [5, 5.41) is 14.2. The topological polar surface area (TPSA) is 110 Å². The molecule has 0 unspecified atom stereocenters. The normalized spacial score (nSPS) is 11.7. The zero-order chi connectivity index (χ0) is 29.2. The first-order valence-electron chi connectivity index (χ1n) is 13.8. The predicted molar refractivity (Wildman–Crippen MR) is 162 cm³/mol. The fraction of sp³-hybridized carbons (Fsp3) is 0.226. The third-order valence-corrected chi connectivity index (χ3v) is 7.04. The van der Waals surface area contributed by atoms with Gasteiger partial charge in [0.15, 0.2) is 5.82 Å². The average molecular weight is 568 g/mol. The Hall–Kier alpha value is -4.74. The molecule has 6 rings (SSSR count). The number of rotatable bonds is 10. The van der Waals surface area contributed by atoms with Crippen LogP contribution in [0.2, 0.25) is 0 Å². The molecule has 0 fully saturated rings. The highest BCUT2D eigenvalue weighted by molar-refractivity contribution is 5.98. The van der Waals surface area contributed by atoms with Gasteiger partial charge in [-0.3, -0.25) is 15.1 Å². The Morgan fingerprint density at radius 2 is 1.83 bits per heavy atom. The molecule has 0 amide bonds. The molecule has 0 radical (unpaired) electrons. The molecule has 6 aromatic rings. The van der Waals surface area contributed by atoms with E-state index in [1.807, 2.05) is 38.1 Å². The summed E-state index contributed by atoms with van der Waals surface area (Å²) < 4.78 is 30.8. The average Bonchev–Trinajstić information content (AvgIpc) is 3.61. The fourth-order valence-corrected chi connectivity index (χ4v) is 4.98. The van der Waals surface area contributed by atoms with Crippen molar-refractivity contribution in [2.45, 2.75) is 13.5 Å². The quantitative estimate of drug-likeness (QED) is 0.171. The Labute approximate surface area is 241 Å². The zero-order valence-corrected chi connectivity index (χ0v) is 23.6. The number of halogens is 2. The number of anilines is 1. The summed E-state index contributed by atoms with van der Waals surface area (Å²) in [4.78, 5) is 18.9. The van der Waals surface area contributed by atoms with Gasteiger partial charge in [0.25, 0.3) is 0 Å². The molecule has 0 aliphatic heterocycles. The Bertz CT molecular complexity index is 1880. The number of nitrogens with zero attached hydrogens (tertiary/aromatic N) is 5. The van der Waals surface area contributed by atoms with Crippen LogP contribution in [0.1, 0.15) is 12.5 Å². The predicted octanol–water partition coefficient (Wildman–Crippen LogP) is 5.59. The minimum Gasteiger partial charge on any atom is -0.384 e. The van der Waals surface area contributed by atoms with E-state index in [2.05, 4.69) is 35.8 Å². The summed E-state index contributed by atoms with van der Waals surface area (Å²) in [7, 11) is 3.96. The van der Waals surface area contributed by atoms with Gasteiger partial charge in [0.05, 0.1) is 22.1 Å². The van der Waals surface area contributed by atoms with E-state index in [1.54, 1.807) is 36.8 Å². The van der Waals surface area contributed by atoms with Gasteiger partial charge in [-0.25, -0.2) is 13.8 Å². The van der Waals surface area contributed by atoms with Gasteiger partial charge in [-0.15, -0.1) is 0 Å². The molecule has 0 aliphatic carbocycles. The minimum atomic E-state index is -0.420. The number of aromatic nitrogens is 6. The molecule has 0 saturated carbocycles. The van der Waals surface area contributed by atoms with Gasteiger partial charge in [-0.1, -0.05) is 6.92 Å². The van der Waals surface area contributed by atoms with Gasteiger partial charge >= 0.3 is 0 Å². The summed E-state index contributed by atoms with van der Waals surface area (Å²) in [5.74, 6) is -0.427. The van der Waals surface area contributed by atoms with E-state index in [0.717, 1.165) is 18.7 Å². The zero-order valence-electron chi connectivity index (χ0n) is 23.6. The van der Waals surface area contributed by atoms with Crippen molar-refractivity contribution in [3.8, 4) is 33.9 Å². The van der Waals surface area contributed by atoms with E-state index < -0.39 is 5.82 Å². The Morgan fingerprint density at radius 3 is 2.67 bits per heavy atom. The van der Waals surface area contributed by atoms with Gasteiger partial charge in [0.1, 0.15) is 22.8 Å². The van der Waals surface area contributed by atoms with Gasteiger partial charge < -0.3 is 20.5 Å². The van der Waals surface area contributed by atoms with E-state index >= 15 is 4.39 Å². The van der Waals surface area contributed by atoms with Crippen LogP contribution < -0.4 is 10.6 Å². The summed E-state index contributed by atoms with van der Waals surface area (Å²) in [5.41, 5.74) is 5.89. The summed E-state index contributed by atoms with van der Waals surface area (Å²) >= 11 is 0. The van der Waals surface area contributed by atoms with E-state index in [-0.39, 0.29) is 5.82 Å². The van der Waals surface area contributed by atoms with Gasteiger partial charge in [-0.05, 0) is 68.7 Å². The fourth-order valence-electron chi connectivity index (χ4n) is 4.98. The van der Waals surface area contributed by atoms with Crippen molar-refractivity contribution in [2.75, 3.05) is 39.0 Å². The molecule has 2 aromatic carbocycles. The minimum absolute atomic E-state index is 0.316. The molecule has 0 atom stereocenters. The Kier molecular flexibility index (Phi) is 7.60. The number of aromatic amines is 2. The molecule has 42 heavy (non-hydrogen) atoms. The van der Waals surface area contributed by atoms with Crippen LogP contribution in [0.3, 0.4) is 0 Å². The molecule has 0 spiro atoms. The van der Waals surface area contributed by atoms with Crippen molar-refractivity contribution in [3.05, 3.63) is 78.3 Å². The molecule has 0 aliphatic rings. The third kappa shape index (κ3) is 5.44. The van der Waals surface area contributed by atoms with Crippen LogP contribution in [-0.2, 0) is 6.54 Å². The highest BCUT2D eigenvalue weighted by Crippen LogP contribution is 2.35. The number of hydrogen-bond acceptors (Lipinski definition) is 7. The van der Waals surface area contributed by atoms with Crippen LogP contribution in [0, 0.1) is 11.6 Å². The number of H-pyrrole nitrogens is 2. The Morgan fingerprint density at radius 1 is 0.952 bits per heavy atom. The van der Waals surface area contributed by atoms with Crippen LogP contribution in [0.15, 0.2) is 61.1 Å². The molecule has 11 heteroatoms. The smallest absolute Gasteiger partial charge is 0.159 e. The first-order valence-corrected chi connectivity index (χ1v) is 13.8. The van der Waals surface area contributed by atoms with Crippen molar-refractivity contribution in [1.82, 2.24) is 40.3 Å². The summed E-state index contributed by atoms with van der Waals surface area (Å²) in [6.45, 7) is 4.97. The molecule has 9 nitrogen and oxygen atoms in total. The highest BCUT2D eigenvalue weighted by atomic mass is 19.1. The molecular weight excluding hydrogens is 536 g/mol. The van der Waals surface area contributed by atoms with Gasteiger partial charge in [-0.2, -0.15) is 5.10 Å². The molecular formula is C31H31F2N9. The first-order chi connectivity index (χ1) is 20.4. The molecule has 214 valence electrons. The van der Waals surface area contributed by atoms with Crippen LogP contribution in [-0.4, -0.2) is 68.8 Å². The largest absolute Gasteiger partial charge is 0.384 e. The van der Waals surface area contributed by atoms with Crippen LogP contribution in [0.5, 0.6) is 0 Å². The summed E-state index contributed by atoms with van der Waals surface area (Å²) in [6, 6.07) is 12.0. The van der Waals surface area contributed by atoms with E-state index in [1.165, 1.54) is 12.1 Å². The maximum atomic E-state index is 16.1. The lowest BCUT2D eigenvalue weighted by Gasteiger charge is -2.12. The SMILES string of the molecule is CCNCc1cncc(-c2ccc3[nH]nc(-c4nc5c(-c6cc(F)cc(NCCN(C)C)c6)nccc5[nH]4)c3c2F)c1. The highest BCUT2D eigenvalue weighted by Gasteiger charge is 2.21. The Balaban J connectivity index is 1.40. The van der Waals surface area contributed by atoms with Crippen molar-refractivity contribution < 1.29 is 8.78 Å². The first kappa shape index (κ1) is 27.4. The number of imidazole rings is 1. The second kappa shape index (κ2) is 11.6. The number of hydrogen-bond donors (Lipinski definition) is 4. The molecule has 0 bridgehead atoms. The molecule has 0 saturated heterocycles. The number of fused-ring (bicyclic) bond motifs is 2. The van der Waals surface area contributed by atoms with E-state index in [4.69, 9.17) is 4.98 Å². The van der Waals surface area contributed by atoms with E-state index in [0.29, 0.717) is 74.6 Å². The summed E-state index contributed by atoms with van der Waals surface area (Å²) in [6.07, 6.45) is 5.06. The second-order valence-electron chi connectivity index (χ2n) is 10.4. The standard InChI is InChI=1S/C31H31F2N9/c1-4-34-15-18-11-20(17-35-16-18)23-5-6-24-26(27(23)33)30(41-40-24)31-38-25-7-8-37-28(29(25)39-31)19-12-21(32)14-22(13-19)36-9-10-42(2)3/h5-8,11-14,16-17,34,36H,4,9-10,15H2,1-3H3,(H,38,39)(H,40,41). The van der Waals surface area contributed by atoms with Crippen LogP contribution >= 0.6 is 0 Å². The van der Waals surface area contributed by atoms with Gasteiger partial charge in [0, 0.05) is 60.6 Å². The lowest BCUT2D eigenvalue weighted by molar-refractivity contribution is 0.425. The van der Waals surface area contributed by atoms with Crippen molar-refractivity contribution in [3.63, 3.8) is 0 Å². The number of benzene rings is 2. The second-order valence-corrected chi connectivity index (χ2v) is 10.4. The van der Waals surface area contributed by atoms with Crippen molar-refractivity contribution in [1.29, 1.82) is 0 Å². The van der Waals surface area contributed by atoms with E-state index in [9.17, 15) is 4.39 Å². The number of pyridine rings is 2. The number of likely N-dealkylation sites (N-methyl/N-ethyl adjacent to an activating group) is 1. The molecule has 4 heterocycles. The molecule has 4 N–H and O–H groups in total. The monoisotopic (exact) mass is 567 g/mol. The van der Waals surface area contributed by atoms with Gasteiger partial charge in [0.2, 0.25) is 0 Å².